The highest BCUT2D eigenvalue weighted by Crippen LogP contribution is 2.21. The number of hydrogen-bond donors (Lipinski definition) is 0. The Bertz CT molecular complexity index is 538. The predicted molar refractivity (Wildman–Crippen MR) is 72.5 cm³/mol. The summed E-state index contributed by atoms with van der Waals surface area (Å²) in [5, 5.41) is 0. The van der Waals surface area contributed by atoms with Crippen molar-refractivity contribution in [2.45, 2.75) is 26.3 Å². The molecule has 3 heterocycles. The number of imidazole rings is 1. The van der Waals surface area contributed by atoms with Gasteiger partial charge in [-0.25, -0.2) is 9.97 Å². The van der Waals surface area contributed by atoms with Crippen molar-refractivity contribution in [3.05, 3.63) is 24.2 Å². The van der Waals surface area contributed by atoms with Gasteiger partial charge in [0.2, 0.25) is 0 Å². The van der Waals surface area contributed by atoms with Crippen LogP contribution in [0.3, 0.4) is 0 Å². The fraction of sp³-hybridized carbons (Fsp3) is 0.571. The molecule has 2 aromatic rings. The Morgan fingerprint density at radius 2 is 2.11 bits per heavy atom. The molecule has 96 valence electrons. The zero-order valence-corrected chi connectivity index (χ0v) is 11.1. The number of aromatic nitrogens is 3. The van der Waals surface area contributed by atoms with E-state index in [1.165, 1.54) is 25.9 Å². The third kappa shape index (κ3) is 2.12. The molecule has 4 nitrogen and oxygen atoms in total. The summed E-state index contributed by atoms with van der Waals surface area (Å²) in [5.74, 6) is 1.85. The molecule has 2 aromatic heterocycles. The van der Waals surface area contributed by atoms with Crippen LogP contribution in [-0.2, 0) is 6.54 Å². The van der Waals surface area contributed by atoms with Crippen molar-refractivity contribution >= 4 is 11.2 Å². The maximum Gasteiger partial charge on any atom is 0.159 e. The van der Waals surface area contributed by atoms with E-state index in [4.69, 9.17) is 0 Å². The van der Waals surface area contributed by atoms with E-state index in [1.54, 1.807) is 0 Å². The van der Waals surface area contributed by atoms with E-state index in [1.807, 2.05) is 18.3 Å². The fourth-order valence-electron chi connectivity index (χ4n) is 2.79. The van der Waals surface area contributed by atoms with Gasteiger partial charge in [0.1, 0.15) is 11.3 Å². The minimum Gasteiger partial charge on any atom is -0.313 e. The Morgan fingerprint density at radius 3 is 2.89 bits per heavy atom. The first kappa shape index (κ1) is 11.7. The molecule has 0 radical (unpaired) electrons. The summed E-state index contributed by atoms with van der Waals surface area (Å²) in [6.45, 7) is 5.57. The number of rotatable bonds is 2. The number of aryl methyl sites for hydroxylation is 1. The first-order chi connectivity index (χ1) is 8.74. The number of hydrogen-bond acceptors (Lipinski definition) is 3. The first-order valence-corrected chi connectivity index (χ1v) is 6.70. The van der Waals surface area contributed by atoms with Crippen molar-refractivity contribution in [2.24, 2.45) is 5.92 Å². The van der Waals surface area contributed by atoms with Crippen LogP contribution in [0.2, 0.25) is 0 Å². The summed E-state index contributed by atoms with van der Waals surface area (Å²) in [6, 6.07) is 4.00. The van der Waals surface area contributed by atoms with Gasteiger partial charge < -0.3 is 9.47 Å². The van der Waals surface area contributed by atoms with Gasteiger partial charge in [0.25, 0.3) is 0 Å². The van der Waals surface area contributed by atoms with Gasteiger partial charge in [-0.05, 0) is 58.0 Å². The SMILES string of the molecule is Cc1nc2cccnc2n1CC1CCN(C)CC1. The van der Waals surface area contributed by atoms with Crippen LogP contribution < -0.4 is 0 Å². The summed E-state index contributed by atoms with van der Waals surface area (Å²) < 4.78 is 2.28. The average Bonchev–Trinajstić information content (AvgIpc) is 2.69. The van der Waals surface area contributed by atoms with Gasteiger partial charge in [-0.2, -0.15) is 0 Å². The van der Waals surface area contributed by atoms with Crippen LogP contribution in [0.15, 0.2) is 18.3 Å². The van der Waals surface area contributed by atoms with Gasteiger partial charge in [-0.3, -0.25) is 0 Å². The normalized spacial score (nSPS) is 18.6. The van der Waals surface area contributed by atoms with Gasteiger partial charge in [0.15, 0.2) is 5.65 Å². The molecule has 0 amide bonds. The standard InChI is InChI=1S/C14H20N4/c1-11-16-13-4-3-7-15-14(13)18(11)10-12-5-8-17(2)9-6-12/h3-4,7,12H,5-6,8-10H2,1-2H3. The van der Waals surface area contributed by atoms with E-state index in [2.05, 4.69) is 33.4 Å². The first-order valence-electron chi connectivity index (χ1n) is 6.70. The number of likely N-dealkylation sites (tertiary alicyclic amines) is 1. The molecule has 0 saturated carbocycles. The van der Waals surface area contributed by atoms with E-state index in [9.17, 15) is 0 Å². The van der Waals surface area contributed by atoms with Crippen molar-refractivity contribution < 1.29 is 0 Å². The highest BCUT2D eigenvalue weighted by atomic mass is 15.1. The molecule has 18 heavy (non-hydrogen) atoms. The van der Waals surface area contributed by atoms with E-state index in [0.29, 0.717) is 0 Å². The summed E-state index contributed by atoms with van der Waals surface area (Å²) in [7, 11) is 2.20. The summed E-state index contributed by atoms with van der Waals surface area (Å²) in [5.41, 5.74) is 2.05. The molecule has 0 spiro atoms. The molecule has 1 aliphatic heterocycles. The molecule has 1 aliphatic rings. The molecule has 0 N–H and O–H groups in total. The lowest BCUT2D eigenvalue weighted by Crippen LogP contribution is -2.32. The van der Waals surface area contributed by atoms with Gasteiger partial charge >= 0.3 is 0 Å². The summed E-state index contributed by atoms with van der Waals surface area (Å²) in [4.78, 5) is 11.5. The number of fused-ring (bicyclic) bond motifs is 1. The van der Waals surface area contributed by atoms with Crippen LogP contribution in [0.5, 0.6) is 0 Å². The van der Waals surface area contributed by atoms with Crippen LogP contribution >= 0.6 is 0 Å². The molecule has 1 saturated heterocycles. The Labute approximate surface area is 108 Å². The Hall–Kier alpha value is -1.42. The van der Waals surface area contributed by atoms with Crippen LogP contribution in [0, 0.1) is 12.8 Å². The van der Waals surface area contributed by atoms with Crippen LogP contribution in [0.4, 0.5) is 0 Å². The van der Waals surface area contributed by atoms with E-state index >= 15 is 0 Å². The second-order valence-electron chi connectivity index (χ2n) is 5.36. The molecule has 1 fully saturated rings. The summed E-state index contributed by atoms with van der Waals surface area (Å²) >= 11 is 0. The number of pyridine rings is 1. The van der Waals surface area contributed by atoms with Gasteiger partial charge in [-0.15, -0.1) is 0 Å². The van der Waals surface area contributed by atoms with Crippen molar-refractivity contribution in [1.82, 2.24) is 19.4 Å². The van der Waals surface area contributed by atoms with Crippen LogP contribution in [0.25, 0.3) is 11.2 Å². The lowest BCUT2D eigenvalue weighted by Gasteiger charge is -2.29. The van der Waals surface area contributed by atoms with E-state index in [-0.39, 0.29) is 0 Å². The average molecular weight is 244 g/mol. The molecule has 0 atom stereocenters. The molecular formula is C14H20N4. The van der Waals surface area contributed by atoms with E-state index < -0.39 is 0 Å². The lowest BCUT2D eigenvalue weighted by atomic mass is 9.97. The van der Waals surface area contributed by atoms with Crippen molar-refractivity contribution in [3.8, 4) is 0 Å². The maximum absolute atomic E-state index is 4.58. The smallest absolute Gasteiger partial charge is 0.159 e. The number of nitrogens with zero attached hydrogens (tertiary/aromatic N) is 4. The van der Waals surface area contributed by atoms with Crippen molar-refractivity contribution in [1.29, 1.82) is 0 Å². The largest absolute Gasteiger partial charge is 0.313 e. The topological polar surface area (TPSA) is 34.0 Å². The predicted octanol–water partition coefficient (Wildman–Crippen LogP) is 2.08. The highest BCUT2D eigenvalue weighted by Gasteiger charge is 2.19. The fourth-order valence-corrected chi connectivity index (χ4v) is 2.79. The third-order valence-electron chi connectivity index (χ3n) is 3.97. The Morgan fingerprint density at radius 1 is 1.33 bits per heavy atom. The minimum atomic E-state index is 0.763. The zero-order chi connectivity index (χ0) is 12.5. The molecule has 0 bridgehead atoms. The second kappa shape index (κ2) is 4.69. The van der Waals surface area contributed by atoms with Crippen LogP contribution in [-0.4, -0.2) is 39.6 Å². The van der Waals surface area contributed by atoms with Crippen molar-refractivity contribution in [3.63, 3.8) is 0 Å². The third-order valence-corrected chi connectivity index (χ3v) is 3.97. The maximum atomic E-state index is 4.58. The second-order valence-corrected chi connectivity index (χ2v) is 5.36. The van der Waals surface area contributed by atoms with Crippen LogP contribution in [0.1, 0.15) is 18.7 Å². The molecule has 0 aromatic carbocycles. The van der Waals surface area contributed by atoms with Gasteiger partial charge in [0, 0.05) is 12.7 Å². The summed E-state index contributed by atoms with van der Waals surface area (Å²) in [6.07, 6.45) is 4.42. The van der Waals surface area contributed by atoms with Crippen molar-refractivity contribution in [2.75, 3.05) is 20.1 Å². The van der Waals surface area contributed by atoms with Gasteiger partial charge in [0.05, 0.1) is 0 Å². The van der Waals surface area contributed by atoms with E-state index in [0.717, 1.165) is 29.5 Å². The molecule has 0 unspecified atom stereocenters. The lowest BCUT2D eigenvalue weighted by molar-refractivity contribution is 0.205. The van der Waals surface area contributed by atoms with Gasteiger partial charge in [-0.1, -0.05) is 0 Å². The quantitative estimate of drug-likeness (QED) is 0.811. The minimum absolute atomic E-state index is 0.763. The Balaban J connectivity index is 1.84. The molecular weight excluding hydrogens is 224 g/mol. The molecule has 4 heteroatoms. The monoisotopic (exact) mass is 244 g/mol. The molecule has 3 rings (SSSR count). The molecule has 0 aliphatic carbocycles. The zero-order valence-electron chi connectivity index (χ0n) is 11.1. The highest BCUT2D eigenvalue weighted by molar-refractivity contribution is 5.70. The Kier molecular flexibility index (Phi) is 3.04. The number of piperidine rings is 1.